The van der Waals surface area contributed by atoms with Crippen LogP contribution in [0.25, 0.3) is 11.1 Å². The third kappa shape index (κ3) is 3.84. The quantitative estimate of drug-likeness (QED) is 0.420. The molecule has 0 radical (unpaired) electrons. The Morgan fingerprint density at radius 1 is 1.00 bits per heavy atom. The number of carbonyl (C=O) groups is 1. The SMILES string of the molecule is C=C(Nc1ccc(C)c(-c2ccc(N3CCCC3=O)cc2)c1)C1(c2ccc(O)c(O)c2)CC1. The van der Waals surface area contributed by atoms with Gasteiger partial charge in [0.15, 0.2) is 11.5 Å². The summed E-state index contributed by atoms with van der Waals surface area (Å²) in [5.41, 5.74) is 6.89. The number of nitrogens with one attached hydrogen (secondary N) is 1. The van der Waals surface area contributed by atoms with Gasteiger partial charge in [-0.3, -0.25) is 4.79 Å². The molecule has 5 heteroatoms. The zero-order valence-corrected chi connectivity index (χ0v) is 18.8. The maximum Gasteiger partial charge on any atom is 0.227 e. The zero-order valence-electron chi connectivity index (χ0n) is 18.8. The van der Waals surface area contributed by atoms with Gasteiger partial charge in [0.05, 0.1) is 0 Å². The molecule has 0 bridgehead atoms. The van der Waals surface area contributed by atoms with Gasteiger partial charge in [-0.2, -0.15) is 0 Å². The number of aromatic hydroxyl groups is 2. The number of nitrogens with zero attached hydrogens (tertiary/aromatic N) is 1. The van der Waals surface area contributed by atoms with E-state index in [1.807, 2.05) is 29.2 Å². The minimum atomic E-state index is -0.236. The Hall–Kier alpha value is -3.73. The highest BCUT2D eigenvalue weighted by atomic mass is 16.3. The van der Waals surface area contributed by atoms with E-state index >= 15 is 0 Å². The first-order chi connectivity index (χ1) is 15.9. The van der Waals surface area contributed by atoms with E-state index in [1.165, 1.54) is 11.6 Å². The molecule has 168 valence electrons. The number of phenolic OH excluding ortho intramolecular Hbond substituents is 2. The van der Waals surface area contributed by atoms with Crippen molar-refractivity contribution in [2.24, 2.45) is 0 Å². The van der Waals surface area contributed by atoms with Crippen LogP contribution in [0.5, 0.6) is 11.5 Å². The molecule has 0 atom stereocenters. The maximum atomic E-state index is 12.0. The number of benzene rings is 3. The van der Waals surface area contributed by atoms with Gasteiger partial charge in [0.25, 0.3) is 0 Å². The van der Waals surface area contributed by atoms with Crippen molar-refractivity contribution in [1.82, 2.24) is 0 Å². The van der Waals surface area contributed by atoms with E-state index in [-0.39, 0.29) is 22.8 Å². The van der Waals surface area contributed by atoms with E-state index in [0.29, 0.717) is 6.42 Å². The standard InChI is InChI=1S/C28H28N2O3/c1-18-5-9-22(29-19(2)28(13-14-28)21-8-12-25(31)26(32)16-21)17-24(18)20-6-10-23(11-7-20)30-15-3-4-27(30)33/h5-12,16-17,29,31-32H,2-4,13-15H2,1H3. The van der Waals surface area contributed by atoms with Gasteiger partial charge in [0, 0.05) is 35.5 Å². The summed E-state index contributed by atoms with van der Waals surface area (Å²) < 4.78 is 0. The number of carbonyl (C=O) groups excluding carboxylic acids is 1. The molecule has 1 amide bonds. The predicted molar refractivity (Wildman–Crippen MR) is 132 cm³/mol. The van der Waals surface area contributed by atoms with E-state index in [4.69, 9.17) is 0 Å². The number of hydrogen-bond acceptors (Lipinski definition) is 4. The van der Waals surface area contributed by atoms with Gasteiger partial charge >= 0.3 is 0 Å². The molecule has 1 aliphatic heterocycles. The Bertz CT molecular complexity index is 1240. The van der Waals surface area contributed by atoms with Crippen LogP contribution in [0, 0.1) is 6.92 Å². The summed E-state index contributed by atoms with van der Waals surface area (Å²) in [7, 11) is 0. The van der Waals surface area contributed by atoms with Gasteiger partial charge < -0.3 is 20.4 Å². The summed E-state index contributed by atoms with van der Waals surface area (Å²) in [6.45, 7) is 7.19. The lowest BCUT2D eigenvalue weighted by Crippen LogP contribution is -2.23. The van der Waals surface area contributed by atoms with Crippen molar-refractivity contribution >= 4 is 17.3 Å². The molecule has 1 heterocycles. The van der Waals surface area contributed by atoms with Crippen LogP contribution in [0.4, 0.5) is 11.4 Å². The van der Waals surface area contributed by atoms with Gasteiger partial charge in [0.1, 0.15) is 0 Å². The third-order valence-electron chi connectivity index (χ3n) is 6.95. The van der Waals surface area contributed by atoms with Crippen molar-refractivity contribution in [3.05, 3.63) is 84.1 Å². The van der Waals surface area contributed by atoms with Crippen molar-refractivity contribution in [3.8, 4) is 22.6 Å². The lowest BCUT2D eigenvalue weighted by molar-refractivity contribution is -0.117. The van der Waals surface area contributed by atoms with Crippen LogP contribution in [-0.4, -0.2) is 22.7 Å². The van der Waals surface area contributed by atoms with Gasteiger partial charge in [-0.05, 0) is 84.8 Å². The summed E-state index contributed by atoms with van der Waals surface area (Å²) in [5.74, 6) is -0.0284. The molecule has 3 N–H and O–H groups in total. The van der Waals surface area contributed by atoms with E-state index in [9.17, 15) is 15.0 Å². The number of aryl methyl sites for hydroxylation is 1. The Kier molecular flexibility index (Phi) is 5.12. The van der Waals surface area contributed by atoms with Crippen LogP contribution < -0.4 is 10.2 Å². The highest BCUT2D eigenvalue weighted by molar-refractivity contribution is 5.95. The highest BCUT2D eigenvalue weighted by Gasteiger charge is 2.47. The normalized spacial score (nSPS) is 16.6. The smallest absolute Gasteiger partial charge is 0.227 e. The number of hydrogen-bond donors (Lipinski definition) is 3. The minimum absolute atomic E-state index is 0.108. The van der Waals surface area contributed by atoms with Crippen molar-refractivity contribution in [3.63, 3.8) is 0 Å². The molecular weight excluding hydrogens is 412 g/mol. The lowest BCUT2D eigenvalue weighted by atomic mass is 9.92. The van der Waals surface area contributed by atoms with Crippen molar-refractivity contribution in [1.29, 1.82) is 0 Å². The van der Waals surface area contributed by atoms with Crippen LogP contribution in [0.1, 0.15) is 36.8 Å². The second kappa shape index (κ2) is 8.00. The van der Waals surface area contributed by atoms with Crippen LogP contribution in [0.2, 0.25) is 0 Å². The van der Waals surface area contributed by atoms with Gasteiger partial charge in [-0.15, -0.1) is 0 Å². The average Bonchev–Trinajstić information content (AvgIpc) is 3.52. The van der Waals surface area contributed by atoms with Crippen LogP contribution in [0.15, 0.2) is 72.9 Å². The van der Waals surface area contributed by atoms with E-state index in [2.05, 4.69) is 43.1 Å². The molecule has 33 heavy (non-hydrogen) atoms. The van der Waals surface area contributed by atoms with Gasteiger partial charge in [-0.1, -0.05) is 30.8 Å². The van der Waals surface area contributed by atoms with E-state index in [1.54, 1.807) is 6.07 Å². The first-order valence-electron chi connectivity index (χ1n) is 11.4. The van der Waals surface area contributed by atoms with Gasteiger partial charge in [-0.25, -0.2) is 0 Å². The molecule has 0 spiro atoms. The minimum Gasteiger partial charge on any atom is -0.504 e. The number of amides is 1. The third-order valence-corrected chi connectivity index (χ3v) is 6.95. The largest absolute Gasteiger partial charge is 0.504 e. The molecule has 1 saturated heterocycles. The molecule has 5 nitrogen and oxygen atoms in total. The Morgan fingerprint density at radius 3 is 2.39 bits per heavy atom. The second-order valence-corrected chi connectivity index (χ2v) is 9.11. The lowest BCUT2D eigenvalue weighted by Gasteiger charge is -2.22. The molecule has 5 rings (SSSR count). The summed E-state index contributed by atoms with van der Waals surface area (Å²) >= 11 is 0. The fourth-order valence-electron chi connectivity index (χ4n) is 4.76. The molecule has 3 aromatic carbocycles. The highest BCUT2D eigenvalue weighted by Crippen LogP contribution is 2.54. The molecular formula is C28H28N2O3. The molecule has 1 saturated carbocycles. The second-order valence-electron chi connectivity index (χ2n) is 9.11. The van der Waals surface area contributed by atoms with E-state index in [0.717, 1.165) is 59.6 Å². The predicted octanol–water partition coefficient (Wildman–Crippen LogP) is 5.86. The average molecular weight is 441 g/mol. The van der Waals surface area contributed by atoms with Crippen LogP contribution in [0.3, 0.4) is 0 Å². The first kappa shape index (κ1) is 21.1. The molecule has 0 unspecified atom stereocenters. The zero-order chi connectivity index (χ0) is 23.2. The number of allylic oxidation sites excluding steroid dienone is 1. The number of rotatable bonds is 6. The summed E-state index contributed by atoms with van der Waals surface area (Å²) in [4.78, 5) is 13.9. The van der Waals surface area contributed by atoms with Crippen LogP contribution in [-0.2, 0) is 10.2 Å². The monoisotopic (exact) mass is 440 g/mol. The fourth-order valence-corrected chi connectivity index (χ4v) is 4.76. The molecule has 0 aromatic heterocycles. The van der Waals surface area contributed by atoms with Crippen molar-refractivity contribution in [2.75, 3.05) is 16.8 Å². The maximum absolute atomic E-state index is 12.0. The first-order valence-corrected chi connectivity index (χ1v) is 11.4. The summed E-state index contributed by atoms with van der Waals surface area (Å²) in [6.07, 6.45) is 3.43. The summed E-state index contributed by atoms with van der Waals surface area (Å²) in [5, 5.41) is 23.1. The topological polar surface area (TPSA) is 72.8 Å². The molecule has 1 aliphatic carbocycles. The van der Waals surface area contributed by atoms with Gasteiger partial charge in [0.2, 0.25) is 5.91 Å². The van der Waals surface area contributed by atoms with Crippen molar-refractivity contribution < 1.29 is 15.0 Å². The van der Waals surface area contributed by atoms with Crippen molar-refractivity contribution in [2.45, 2.75) is 38.0 Å². The number of anilines is 2. The Balaban J connectivity index is 1.37. The molecule has 2 fully saturated rings. The fraction of sp³-hybridized carbons (Fsp3) is 0.250. The molecule has 2 aliphatic rings. The van der Waals surface area contributed by atoms with Crippen LogP contribution >= 0.6 is 0 Å². The molecule has 3 aromatic rings. The summed E-state index contributed by atoms with van der Waals surface area (Å²) in [6, 6.07) is 19.5. The number of phenols is 2. The Morgan fingerprint density at radius 2 is 1.76 bits per heavy atom. The van der Waals surface area contributed by atoms with E-state index < -0.39 is 0 Å². The Labute approximate surface area is 194 Å².